The molecule has 0 saturated carbocycles. The molecule has 15 heavy (non-hydrogen) atoms. The zero-order valence-electron chi connectivity index (χ0n) is 9.88. The molecular formula is C10H24N4O. The van der Waals surface area contributed by atoms with Crippen molar-refractivity contribution in [2.45, 2.75) is 13.3 Å². The minimum Gasteiger partial charge on any atom is -0.355 e. The summed E-state index contributed by atoms with van der Waals surface area (Å²) in [5.74, 6) is 0.0437. The highest BCUT2D eigenvalue weighted by Gasteiger charge is 2.02. The Morgan fingerprint density at radius 2 is 2.00 bits per heavy atom. The van der Waals surface area contributed by atoms with E-state index >= 15 is 0 Å². The number of nitrogens with zero attached hydrogens (tertiary/aromatic N) is 1. The molecule has 0 saturated heterocycles. The molecule has 4 N–H and O–H groups in total. The lowest BCUT2D eigenvalue weighted by molar-refractivity contribution is -0.120. The molecule has 0 aliphatic heterocycles. The molecule has 0 aromatic carbocycles. The maximum absolute atomic E-state index is 11.1. The molecule has 0 aliphatic rings. The smallest absolute Gasteiger partial charge is 0.221 e. The fourth-order valence-electron chi connectivity index (χ4n) is 1.27. The Kier molecular flexibility index (Phi) is 9.46. The van der Waals surface area contributed by atoms with Crippen LogP contribution in [0, 0.1) is 0 Å². The first-order valence-corrected chi connectivity index (χ1v) is 5.58. The van der Waals surface area contributed by atoms with Crippen LogP contribution in [0.1, 0.15) is 13.3 Å². The summed E-state index contributed by atoms with van der Waals surface area (Å²) < 4.78 is 0. The van der Waals surface area contributed by atoms with Crippen LogP contribution in [-0.4, -0.2) is 57.1 Å². The summed E-state index contributed by atoms with van der Waals surface area (Å²) in [5, 5.41) is 5.95. The van der Waals surface area contributed by atoms with E-state index in [0.29, 0.717) is 19.5 Å². The van der Waals surface area contributed by atoms with E-state index in [9.17, 15) is 4.79 Å². The lowest BCUT2D eigenvalue weighted by Gasteiger charge is -2.20. The molecule has 0 rings (SSSR count). The number of nitrogens with one attached hydrogen (secondary N) is 2. The van der Waals surface area contributed by atoms with Crippen molar-refractivity contribution in [3.63, 3.8) is 0 Å². The molecule has 0 fully saturated rings. The van der Waals surface area contributed by atoms with Gasteiger partial charge in [0, 0.05) is 39.1 Å². The monoisotopic (exact) mass is 216 g/mol. The van der Waals surface area contributed by atoms with Crippen LogP contribution < -0.4 is 16.4 Å². The highest BCUT2D eigenvalue weighted by molar-refractivity contribution is 5.75. The molecule has 0 aromatic rings. The van der Waals surface area contributed by atoms with Crippen LogP contribution in [0.5, 0.6) is 0 Å². The Balaban J connectivity index is 3.49. The van der Waals surface area contributed by atoms with Crippen LogP contribution in [0.15, 0.2) is 0 Å². The van der Waals surface area contributed by atoms with Gasteiger partial charge in [0.1, 0.15) is 0 Å². The van der Waals surface area contributed by atoms with E-state index < -0.39 is 0 Å². The predicted molar refractivity (Wildman–Crippen MR) is 62.7 cm³/mol. The fraction of sp³-hybridized carbons (Fsp3) is 0.900. The zero-order valence-corrected chi connectivity index (χ0v) is 9.88. The summed E-state index contributed by atoms with van der Waals surface area (Å²) in [6, 6.07) is 0. The third-order valence-corrected chi connectivity index (χ3v) is 2.25. The summed E-state index contributed by atoms with van der Waals surface area (Å²) in [6.07, 6.45) is 0.419. The molecule has 0 aliphatic carbocycles. The van der Waals surface area contributed by atoms with E-state index in [1.54, 1.807) is 0 Å². The lowest BCUT2D eigenvalue weighted by atomic mass is 10.4. The summed E-state index contributed by atoms with van der Waals surface area (Å²) in [7, 11) is 1.94. The van der Waals surface area contributed by atoms with Gasteiger partial charge in [-0.25, -0.2) is 0 Å². The van der Waals surface area contributed by atoms with Crippen LogP contribution >= 0.6 is 0 Å². The minimum atomic E-state index is 0.0437. The van der Waals surface area contributed by atoms with Crippen LogP contribution in [0.25, 0.3) is 0 Å². The first-order valence-electron chi connectivity index (χ1n) is 5.58. The molecule has 0 aromatic heterocycles. The van der Waals surface area contributed by atoms with Crippen molar-refractivity contribution >= 4 is 5.91 Å². The molecule has 5 nitrogen and oxygen atoms in total. The predicted octanol–water partition coefficient (Wildman–Crippen LogP) is -1.01. The molecule has 0 radical (unpaired) electrons. The van der Waals surface area contributed by atoms with Crippen molar-refractivity contribution in [3.8, 4) is 0 Å². The molecule has 90 valence electrons. The third-order valence-electron chi connectivity index (χ3n) is 2.25. The lowest BCUT2D eigenvalue weighted by Crippen LogP contribution is -2.38. The van der Waals surface area contributed by atoms with Gasteiger partial charge in [0.05, 0.1) is 0 Å². The third kappa shape index (κ3) is 8.35. The van der Waals surface area contributed by atoms with E-state index in [1.807, 2.05) is 7.05 Å². The number of carbonyl (C=O) groups excluding carboxylic acids is 1. The number of amides is 1. The quantitative estimate of drug-likeness (QED) is 0.462. The van der Waals surface area contributed by atoms with Gasteiger partial charge in [-0.1, -0.05) is 6.92 Å². The molecule has 0 atom stereocenters. The number of rotatable bonds is 9. The first-order chi connectivity index (χ1) is 7.24. The number of carbonyl (C=O) groups is 1. The molecule has 0 heterocycles. The van der Waals surface area contributed by atoms with Crippen LogP contribution in [0.3, 0.4) is 0 Å². The second-order valence-corrected chi connectivity index (χ2v) is 3.43. The molecule has 0 unspecified atom stereocenters. The van der Waals surface area contributed by atoms with Crippen LogP contribution in [0.4, 0.5) is 0 Å². The maximum atomic E-state index is 11.1. The summed E-state index contributed by atoms with van der Waals surface area (Å²) >= 11 is 0. The van der Waals surface area contributed by atoms with Gasteiger partial charge in [-0.15, -0.1) is 0 Å². The van der Waals surface area contributed by atoms with Crippen molar-refractivity contribution < 1.29 is 4.79 Å². The number of nitrogens with two attached hydrogens (primary N) is 1. The van der Waals surface area contributed by atoms with Crippen LogP contribution in [0.2, 0.25) is 0 Å². The average Bonchev–Trinajstić information content (AvgIpc) is 2.23. The average molecular weight is 216 g/mol. The van der Waals surface area contributed by atoms with E-state index in [1.165, 1.54) is 0 Å². The second-order valence-electron chi connectivity index (χ2n) is 3.43. The van der Waals surface area contributed by atoms with Gasteiger partial charge in [0.25, 0.3) is 0 Å². The van der Waals surface area contributed by atoms with Gasteiger partial charge in [-0.05, 0) is 13.6 Å². The normalized spacial score (nSPS) is 10.7. The Morgan fingerprint density at radius 1 is 1.33 bits per heavy atom. The molecule has 0 spiro atoms. The topological polar surface area (TPSA) is 70.4 Å². The van der Waals surface area contributed by atoms with Gasteiger partial charge < -0.3 is 21.3 Å². The highest BCUT2D eigenvalue weighted by atomic mass is 16.1. The fourth-order valence-corrected chi connectivity index (χ4v) is 1.27. The summed E-state index contributed by atoms with van der Waals surface area (Å²) in [6.45, 7) is 7.14. The Labute approximate surface area is 92.4 Å². The maximum Gasteiger partial charge on any atom is 0.221 e. The Hall–Kier alpha value is -0.650. The molecule has 0 bridgehead atoms. The van der Waals surface area contributed by atoms with E-state index in [0.717, 1.165) is 26.2 Å². The van der Waals surface area contributed by atoms with Gasteiger partial charge in [0.15, 0.2) is 0 Å². The minimum absolute atomic E-state index is 0.0437. The number of hydrogen-bond acceptors (Lipinski definition) is 4. The van der Waals surface area contributed by atoms with Crippen molar-refractivity contribution in [3.05, 3.63) is 0 Å². The largest absolute Gasteiger partial charge is 0.355 e. The number of hydrogen-bond donors (Lipinski definition) is 3. The zero-order chi connectivity index (χ0) is 11.5. The first kappa shape index (κ1) is 14.3. The summed E-state index contributed by atoms with van der Waals surface area (Å²) in [5.41, 5.74) is 5.27. The summed E-state index contributed by atoms with van der Waals surface area (Å²) in [4.78, 5) is 13.4. The van der Waals surface area contributed by atoms with Gasteiger partial charge in [0.2, 0.25) is 5.91 Å². The number of likely N-dealkylation sites (N-methyl/N-ethyl adjacent to an activating group) is 2. The molecular weight excluding hydrogens is 192 g/mol. The van der Waals surface area contributed by atoms with Gasteiger partial charge in [-0.3, -0.25) is 4.79 Å². The standard InChI is InChI=1S/C10H24N4O/c1-3-14(8-6-12-2)9-7-13-10(15)4-5-11/h12H,3-9,11H2,1-2H3,(H,13,15). The van der Waals surface area contributed by atoms with E-state index in [-0.39, 0.29) is 5.91 Å². The van der Waals surface area contributed by atoms with E-state index in [2.05, 4.69) is 22.5 Å². The van der Waals surface area contributed by atoms with Crippen molar-refractivity contribution in [2.24, 2.45) is 5.73 Å². The van der Waals surface area contributed by atoms with Gasteiger partial charge in [-0.2, -0.15) is 0 Å². The Bertz CT molecular complexity index is 164. The Morgan fingerprint density at radius 3 is 2.53 bits per heavy atom. The molecule has 5 heteroatoms. The highest BCUT2D eigenvalue weighted by Crippen LogP contribution is 1.85. The van der Waals surface area contributed by atoms with Gasteiger partial charge >= 0.3 is 0 Å². The molecule has 1 amide bonds. The second kappa shape index (κ2) is 9.89. The van der Waals surface area contributed by atoms with Crippen molar-refractivity contribution in [2.75, 3.05) is 46.3 Å². The van der Waals surface area contributed by atoms with E-state index in [4.69, 9.17) is 5.73 Å². The van der Waals surface area contributed by atoms with Crippen molar-refractivity contribution in [1.82, 2.24) is 15.5 Å². The van der Waals surface area contributed by atoms with Crippen molar-refractivity contribution in [1.29, 1.82) is 0 Å². The van der Waals surface area contributed by atoms with Crippen LogP contribution in [-0.2, 0) is 4.79 Å². The SMILES string of the molecule is CCN(CCNC)CCNC(=O)CCN.